The fourth-order valence-corrected chi connectivity index (χ4v) is 2.45. The third kappa shape index (κ3) is 3.03. The second-order valence-electron chi connectivity index (χ2n) is 4.53. The molecule has 0 unspecified atom stereocenters. The van der Waals surface area contributed by atoms with Crippen molar-refractivity contribution in [3.63, 3.8) is 0 Å². The van der Waals surface area contributed by atoms with Crippen molar-refractivity contribution in [2.45, 2.75) is 13.8 Å². The molecule has 102 valence electrons. The van der Waals surface area contributed by atoms with Crippen molar-refractivity contribution in [3.05, 3.63) is 53.8 Å². The highest BCUT2D eigenvalue weighted by atomic mass is 32.1. The van der Waals surface area contributed by atoms with E-state index in [0.29, 0.717) is 0 Å². The summed E-state index contributed by atoms with van der Waals surface area (Å²) in [5.74, 6) is -0.334. The molecule has 3 nitrogen and oxygen atoms in total. The first-order valence-corrected chi connectivity index (χ1v) is 6.61. The molecule has 0 aromatic heterocycles. The number of allylic oxidation sites excluding steroid dienone is 1. The van der Waals surface area contributed by atoms with Gasteiger partial charge in [-0.1, -0.05) is 42.5 Å². The molecule has 0 saturated carbocycles. The van der Waals surface area contributed by atoms with E-state index >= 15 is 0 Å². The Balaban J connectivity index is 2.30. The molecule has 2 aromatic rings. The molecule has 0 fully saturated rings. The molecule has 0 aliphatic heterocycles. The van der Waals surface area contributed by atoms with Crippen molar-refractivity contribution in [1.29, 1.82) is 0 Å². The van der Waals surface area contributed by atoms with Crippen molar-refractivity contribution in [3.8, 4) is 0 Å². The van der Waals surface area contributed by atoms with E-state index in [2.05, 4.69) is 5.32 Å². The zero-order valence-electron chi connectivity index (χ0n) is 11.3. The quantitative estimate of drug-likeness (QED) is 0.508. The lowest BCUT2D eigenvalue weighted by Crippen LogP contribution is -2.18. The van der Waals surface area contributed by atoms with Gasteiger partial charge < -0.3 is 10.4 Å². The lowest BCUT2D eigenvalue weighted by molar-refractivity contribution is -0.113. The summed E-state index contributed by atoms with van der Waals surface area (Å²) in [6, 6.07) is 13.8. The highest BCUT2D eigenvalue weighted by Crippen LogP contribution is 2.20. The van der Waals surface area contributed by atoms with Gasteiger partial charge in [0.25, 0.3) is 0 Å². The molecule has 20 heavy (non-hydrogen) atoms. The Labute approximate surface area is 122 Å². The number of aliphatic hydroxyl groups is 1. The maximum atomic E-state index is 11.5. The summed E-state index contributed by atoms with van der Waals surface area (Å²) in [6.07, 6.45) is 0. The number of thiocarbonyl (C=S) groups is 1. The summed E-state index contributed by atoms with van der Waals surface area (Å²) in [5, 5.41) is 14.7. The predicted molar refractivity (Wildman–Crippen MR) is 86.2 cm³/mol. The third-order valence-corrected chi connectivity index (χ3v) is 3.25. The number of anilines is 1. The van der Waals surface area contributed by atoms with Crippen molar-refractivity contribution in [2.24, 2.45) is 0 Å². The van der Waals surface area contributed by atoms with Gasteiger partial charge in [-0.3, -0.25) is 4.79 Å². The number of aliphatic hydroxyl groups excluding tert-OH is 1. The zero-order valence-corrected chi connectivity index (χ0v) is 12.1. The maximum absolute atomic E-state index is 11.5. The fraction of sp³-hybridized carbons (Fsp3) is 0.125. The number of carbonyl (C=O) groups excluding carboxylic acids is 1. The average molecular weight is 285 g/mol. The second kappa shape index (κ2) is 5.84. The Bertz CT molecular complexity index is 715. The number of fused-ring (bicyclic) bond motifs is 1. The summed E-state index contributed by atoms with van der Waals surface area (Å²) in [5.41, 5.74) is 0.932. The van der Waals surface area contributed by atoms with Gasteiger partial charge in [0.05, 0.1) is 5.57 Å². The van der Waals surface area contributed by atoms with Crippen LogP contribution in [0.1, 0.15) is 13.8 Å². The van der Waals surface area contributed by atoms with Gasteiger partial charge in [0.1, 0.15) is 10.7 Å². The van der Waals surface area contributed by atoms with Crippen LogP contribution in [0.25, 0.3) is 10.8 Å². The van der Waals surface area contributed by atoms with Crippen LogP contribution >= 0.6 is 12.2 Å². The van der Waals surface area contributed by atoms with E-state index in [1.165, 1.54) is 13.8 Å². The monoisotopic (exact) mass is 285 g/mol. The number of hydrogen-bond acceptors (Lipinski definition) is 3. The number of carbonyl (C=O) groups is 1. The summed E-state index contributed by atoms with van der Waals surface area (Å²) in [4.78, 5) is 11.7. The summed E-state index contributed by atoms with van der Waals surface area (Å²) in [6.45, 7) is 2.83. The molecule has 0 saturated heterocycles. The van der Waals surface area contributed by atoms with Crippen LogP contribution in [0.2, 0.25) is 0 Å². The highest BCUT2D eigenvalue weighted by molar-refractivity contribution is 7.81. The van der Waals surface area contributed by atoms with Gasteiger partial charge >= 0.3 is 0 Å². The molecule has 0 aliphatic carbocycles. The molecule has 0 atom stereocenters. The van der Waals surface area contributed by atoms with Crippen molar-refractivity contribution in [1.82, 2.24) is 0 Å². The Kier molecular flexibility index (Phi) is 4.15. The van der Waals surface area contributed by atoms with E-state index < -0.39 is 0 Å². The predicted octanol–water partition coefficient (Wildman–Crippen LogP) is 4.00. The second-order valence-corrected chi connectivity index (χ2v) is 4.94. The maximum Gasteiger partial charge on any atom is 0.166 e. The number of Topliss-reactive ketones (excluding diaryl/α,β-unsaturated/α-hetero) is 1. The van der Waals surface area contributed by atoms with Crippen LogP contribution in [-0.2, 0) is 4.79 Å². The molecule has 0 amide bonds. The molecular weight excluding hydrogens is 270 g/mol. The highest BCUT2D eigenvalue weighted by Gasteiger charge is 2.14. The Hall–Kier alpha value is -2.20. The average Bonchev–Trinajstić information content (AvgIpc) is 2.37. The largest absolute Gasteiger partial charge is 0.512 e. The van der Waals surface area contributed by atoms with Crippen LogP contribution in [-0.4, -0.2) is 15.9 Å². The van der Waals surface area contributed by atoms with Crippen LogP contribution in [0.5, 0.6) is 0 Å². The lowest BCUT2D eigenvalue weighted by Gasteiger charge is -2.11. The molecule has 4 heteroatoms. The van der Waals surface area contributed by atoms with E-state index in [-0.39, 0.29) is 22.1 Å². The molecule has 2 aromatic carbocycles. The Morgan fingerprint density at radius 3 is 2.35 bits per heavy atom. The van der Waals surface area contributed by atoms with E-state index in [0.717, 1.165) is 16.5 Å². The molecule has 0 aliphatic rings. The van der Waals surface area contributed by atoms with E-state index in [1.54, 1.807) is 0 Å². The number of rotatable bonds is 3. The summed E-state index contributed by atoms with van der Waals surface area (Å²) < 4.78 is 0. The first-order chi connectivity index (χ1) is 9.49. The van der Waals surface area contributed by atoms with Gasteiger partial charge in [-0.15, -0.1) is 0 Å². The van der Waals surface area contributed by atoms with Crippen LogP contribution in [0.4, 0.5) is 5.69 Å². The van der Waals surface area contributed by atoms with Gasteiger partial charge in [-0.2, -0.15) is 0 Å². The molecule has 2 N–H and O–H groups in total. The standard InChI is InChI=1S/C16H15NO2S/c1-10(18)15(11(2)19)16(20)17-14-8-7-12-5-3-4-6-13(12)9-14/h3-9,18H,1-2H3,(H,17,20). The van der Waals surface area contributed by atoms with Gasteiger partial charge in [-0.25, -0.2) is 0 Å². The van der Waals surface area contributed by atoms with Crippen molar-refractivity contribution in [2.75, 3.05) is 5.32 Å². The number of ketones is 1. The number of hydrogen-bond donors (Lipinski definition) is 2. The SMILES string of the molecule is CC(=O)C(C(=S)Nc1ccc2ccccc2c1)=C(C)O. The molecular formula is C16H15NO2S. The topological polar surface area (TPSA) is 49.3 Å². The molecule has 0 radical (unpaired) electrons. The first kappa shape index (κ1) is 14.2. The smallest absolute Gasteiger partial charge is 0.166 e. The van der Waals surface area contributed by atoms with Gasteiger partial charge in [-0.05, 0) is 36.8 Å². The van der Waals surface area contributed by atoms with Gasteiger partial charge in [0.2, 0.25) is 0 Å². The molecule has 0 bridgehead atoms. The van der Waals surface area contributed by atoms with Crippen molar-refractivity contribution >= 4 is 39.4 Å². The van der Waals surface area contributed by atoms with Gasteiger partial charge in [0.15, 0.2) is 5.78 Å². The summed E-state index contributed by atoms with van der Waals surface area (Å²) in [7, 11) is 0. The Morgan fingerprint density at radius 2 is 1.75 bits per heavy atom. The number of nitrogens with one attached hydrogen (secondary N) is 1. The van der Waals surface area contributed by atoms with Crippen LogP contribution in [0.3, 0.4) is 0 Å². The minimum absolute atomic E-state index is 0.0733. The minimum Gasteiger partial charge on any atom is -0.512 e. The fourth-order valence-electron chi connectivity index (χ4n) is 2.04. The van der Waals surface area contributed by atoms with Crippen LogP contribution < -0.4 is 5.32 Å². The van der Waals surface area contributed by atoms with Crippen molar-refractivity contribution < 1.29 is 9.90 Å². The van der Waals surface area contributed by atoms with Gasteiger partial charge in [0, 0.05) is 5.69 Å². The molecule has 0 spiro atoms. The van der Waals surface area contributed by atoms with Crippen LogP contribution in [0.15, 0.2) is 53.8 Å². The Morgan fingerprint density at radius 1 is 1.10 bits per heavy atom. The molecule has 0 heterocycles. The number of benzene rings is 2. The van der Waals surface area contributed by atoms with Crippen LogP contribution in [0, 0.1) is 0 Å². The van der Waals surface area contributed by atoms with E-state index in [1.807, 2.05) is 42.5 Å². The normalized spacial score (nSPS) is 11.9. The minimum atomic E-state index is -0.261. The summed E-state index contributed by atoms with van der Waals surface area (Å²) >= 11 is 5.18. The van der Waals surface area contributed by atoms with E-state index in [4.69, 9.17) is 12.2 Å². The zero-order chi connectivity index (χ0) is 14.7. The molecule has 2 rings (SSSR count). The van der Waals surface area contributed by atoms with E-state index in [9.17, 15) is 9.90 Å². The first-order valence-electron chi connectivity index (χ1n) is 6.20. The lowest BCUT2D eigenvalue weighted by atomic mass is 10.1. The third-order valence-electron chi connectivity index (χ3n) is 2.95.